The summed E-state index contributed by atoms with van der Waals surface area (Å²) in [7, 11) is -4.48. The summed E-state index contributed by atoms with van der Waals surface area (Å²) < 4.78 is 96.1. The number of benzene rings is 4. The lowest BCUT2D eigenvalue weighted by atomic mass is 9.74. The molecule has 59 heavy (non-hydrogen) atoms. The maximum absolute atomic E-state index is 15.4. The van der Waals surface area contributed by atoms with Gasteiger partial charge in [0.2, 0.25) is 11.8 Å². The van der Waals surface area contributed by atoms with Crippen molar-refractivity contribution in [2.75, 3.05) is 25.5 Å². The fraction of sp³-hybridized carbons (Fsp3) is 0.381. The second kappa shape index (κ2) is 17.3. The molecular weight excluding hydrogens is 799 g/mol. The Kier molecular flexibility index (Phi) is 12.5. The molecule has 1 aliphatic carbocycles. The second-order valence-electron chi connectivity index (χ2n) is 15.0. The highest BCUT2D eigenvalue weighted by Crippen LogP contribution is 2.40. The number of likely N-dealkylation sites (tertiary alicyclic amines) is 1. The highest BCUT2D eigenvalue weighted by atomic mass is 32.2. The third-order valence-corrected chi connectivity index (χ3v) is 12.5. The lowest BCUT2D eigenvalue weighted by Crippen LogP contribution is -2.55. The van der Waals surface area contributed by atoms with Crippen LogP contribution in [-0.2, 0) is 35.6 Å². The average molecular weight is 842 g/mol. The predicted octanol–water partition coefficient (Wildman–Crippen LogP) is 6.96. The molecule has 1 heterocycles. The van der Waals surface area contributed by atoms with Gasteiger partial charge in [-0.3, -0.25) is 19.2 Å². The Morgan fingerprint density at radius 1 is 0.915 bits per heavy atom. The molecule has 0 radical (unpaired) electrons. The van der Waals surface area contributed by atoms with E-state index in [4.69, 9.17) is 14.2 Å². The number of fused-ring (bicyclic) bond motifs is 1. The monoisotopic (exact) mass is 841 g/mol. The van der Waals surface area contributed by atoms with Crippen molar-refractivity contribution < 1.29 is 59.4 Å². The smallest absolute Gasteiger partial charge is 0.496 e. The number of anilines is 1. The van der Waals surface area contributed by atoms with Crippen LogP contribution in [-0.4, -0.2) is 74.9 Å². The van der Waals surface area contributed by atoms with Crippen molar-refractivity contribution in [3.05, 3.63) is 95.8 Å². The Morgan fingerprint density at radius 2 is 1.61 bits per heavy atom. The summed E-state index contributed by atoms with van der Waals surface area (Å²) in [5, 5.41) is 7.20. The number of hydrogen-bond acceptors (Lipinski definition) is 9. The van der Waals surface area contributed by atoms with Gasteiger partial charge < -0.3 is 29.7 Å². The first kappa shape index (κ1) is 42.9. The van der Waals surface area contributed by atoms with E-state index in [1.54, 1.807) is 0 Å². The number of piperidine rings is 1. The van der Waals surface area contributed by atoms with Crippen LogP contribution in [0.1, 0.15) is 61.9 Å². The standard InChI is InChI=1S/C42H43F4N3O9S/c1-25(50)49-19-16-35(33(23-49)39(52)47-28-11-7-12-30(20-28)59(54,55)42(44,45)46)48-38(51)32-21-37(34(43)22-36(32)56-3)58-29-14-17-41(2,18-15-29)40(53)57-24-27-10-6-9-26-8-4-5-13-31(26)27/h4-13,20-22,29,33,35H,14-19,23-24H2,1-3H3,(H,47,52)(H,48,51)/t29?,33-,35+,41?/m1/s1. The van der Waals surface area contributed by atoms with Gasteiger partial charge in [0, 0.05) is 37.8 Å². The number of carbonyl (C=O) groups is 4. The van der Waals surface area contributed by atoms with Crippen LogP contribution >= 0.6 is 0 Å². The Morgan fingerprint density at radius 3 is 2.31 bits per heavy atom. The number of rotatable bonds is 11. The van der Waals surface area contributed by atoms with Crippen LogP contribution in [0.5, 0.6) is 11.5 Å². The van der Waals surface area contributed by atoms with Crippen molar-refractivity contribution >= 4 is 50.0 Å². The largest absolute Gasteiger partial charge is 0.501 e. The van der Waals surface area contributed by atoms with Crippen LogP contribution in [0.25, 0.3) is 10.8 Å². The van der Waals surface area contributed by atoms with E-state index in [1.165, 1.54) is 31.1 Å². The first-order chi connectivity index (χ1) is 27.9. The van der Waals surface area contributed by atoms with Crippen molar-refractivity contribution in [1.29, 1.82) is 0 Å². The van der Waals surface area contributed by atoms with Crippen LogP contribution in [0.3, 0.4) is 0 Å². The number of hydrogen-bond donors (Lipinski definition) is 2. The maximum Gasteiger partial charge on any atom is 0.501 e. The lowest BCUT2D eigenvalue weighted by Gasteiger charge is -2.37. The van der Waals surface area contributed by atoms with Gasteiger partial charge in [-0.2, -0.15) is 13.2 Å². The van der Waals surface area contributed by atoms with E-state index in [0.29, 0.717) is 31.7 Å². The first-order valence-corrected chi connectivity index (χ1v) is 20.4. The molecule has 314 valence electrons. The number of halogens is 4. The van der Waals surface area contributed by atoms with Crippen molar-refractivity contribution in [3.63, 3.8) is 0 Å². The predicted molar refractivity (Wildman–Crippen MR) is 208 cm³/mol. The van der Waals surface area contributed by atoms with E-state index in [-0.39, 0.29) is 60.7 Å². The van der Waals surface area contributed by atoms with Crippen molar-refractivity contribution in [3.8, 4) is 11.5 Å². The first-order valence-electron chi connectivity index (χ1n) is 18.9. The summed E-state index contributed by atoms with van der Waals surface area (Å²) in [5.74, 6) is -4.61. The molecule has 0 spiro atoms. The van der Waals surface area contributed by atoms with Crippen LogP contribution in [0.15, 0.2) is 83.8 Å². The van der Waals surface area contributed by atoms with Gasteiger partial charge in [-0.15, -0.1) is 0 Å². The van der Waals surface area contributed by atoms with Gasteiger partial charge in [0.05, 0.1) is 35.0 Å². The molecule has 2 aliphatic rings. The topological polar surface area (TPSA) is 157 Å². The van der Waals surface area contributed by atoms with Crippen molar-refractivity contribution in [1.82, 2.24) is 10.2 Å². The molecule has 17 heteroatoms. The molecule has 0 unspecified atom stereocenters. The third kappa shape index (κ3) is 9.45. The summed E-state index contributed by atoms with van der Waals surface area (Å²) in [4.78, 5) is 53.3. The highest BCUT2D eigenvalue weighted by molar-refractivity contribution is 7.92. The minimum atomic E-state index is -5.71. The number of methoxy groups -OCH3 is 1. The molecule has 2 atom stereocenters. The molecule has 2 fully saturated rings. The zero-order chi connectivity index (χ0) is 42.7. The fourth-order valence-electron chi connectivity index (χ4n) is 7.47. The van der Waals surface area contributed by atoms with Crippen LogP contribution in [0.4, 0.5) is 23.2 Å². The molecule has 3 amide bonds. The van der Waals surface area contributed by atoms with E-state index in [1.807, 2.05) is 49.4 Å². The van der Waals surface area contributed by atoms with Gasteiger partial charge in [-0.25, -0.2) is 12.8 Å². The Balaban J connectivity index is 1.12. The normalized spacial score (nSPS) is 21.0. The second-order valence-corrected chi connectivity index (χ2v) is 16.9. The van der Waals surface area contributed by atoms with Gasteiger partial charge >= 0.3 is 11.5 Å². The number of esters is 1. The summed E-state index contributed by atoms with van der Waals surface area (Å²) in [6.45, 7) is 3.20. The van der Waals surface area contributed by atoms with Crippen molar-refractivity contribution in [2.24, 2.45) is 11.3 Å². The van der Waals surface area contributed by atoms with E-state index in [9.17, 15) is 40.8 Å². The van der Waals surface area contributed by atoms with Gasteiger partial charge in [-0.05, 0) is 79.6 Å². The molecule has 0 aromatic heterocycles. The molecule has 12 nitrogen and oxygen atoms in total. The highest BCUT2D eigenvalue weighted by Gasteiger charge is 2.47. The minimum absolute atomic E-state index is 0.0873. The van der Waals surface area contributed by atoms with Crippen LogP contribution in [0.2, 0.25) is 0 Å². The number of carbonyl (C=O) groups excluding carboxylic acids is 4. The zero-order valence-electron chi connectivity index (χ0n) is 32.4. The SMILES string of the molecule is COc1cc(F)c(OC2CCC(C)(C(=O)OCc3cccc4ccccc34)CC2)cc1C(=O)N[C@H]1CCN(C(C)=O)C[C@H]1C(=O)Nc1cccc(S(=O)(=O)C(F)(F)F)c1. The molecular formula is C42H43F4N3O9S. The van der Waals surface area contributed by atoms with E-state index < -0.39 is 61.4 Å². The number of sulfone groups is 1. The molecule has 0 bridgehead atoms. The molecule has 4 aromatic rings. The molecule has 1 aliphatic heterocycles. The van der Waals surface area contributed by atoms with Gasteiger partial charge in [0.1, 0.15) is 12.4 Å². The van der Waals surface area contributed by atoms with Gasteiger partial charge in [0.25, 0.3) is 15.7 Å². The fourth-order valence-corrected chi connectivity index (χ4v) is 8.28. The van der Waals surface area contributed by atoms with Crippen LogP contribution < -0.4 is 20.1 Å². The van der Waals surface area contributed by atoms with E-state index in [0.717, 1.165) is 34.5 Å². The molecule has 2 N–H and O–H groups in total. The number of ether oxygens (including phenoxy) is 3. The molecule has 1 saturated carbocycles. The number of amides is 3. The number of nitrogens with one attached hydrogen (secondary N) is 2. The maximum atomic E-state index is 15.4. The number of nitrogens with zero attached hydrogens (tertiary/aromatic N) is 1. The average Bonchev–Trinajstić information content (AvgIpc) is 3.20. The third-order valence-electron chi connectivity index (χ3n) is 11.0. The molecule has 4 aromatic carbocycles. The number of alkyl halides is 3. The Labute approximate surface area is 338 Å². The minimum Gasteiger partial charge on any atom is -0.496 e. The quantitative estimate of drug-likeness (QED) is 0.120. The summed E-state index contributed by atoms with van der Waals surface area (Å²) in [6.07, 6.45) is 1.18. The van der Waals surface area contributed by atoms with Gasteiger partial charge in [0.15, 0.2) is 11.6 Å². The lowest BCUT2D eigenvalue weighted by molar-refractivity contribution is -0.159. The Hall–Kier alpha value is -5.71. The summed E-state index contributed by atoms with van der Waals surface area (Å²) in [6, 6.07) is 18.5. The van der Waals surface area contributed by atoms with Crippen LogP contribution in [0, 0.1) is 17.2 Å². The van der Waals surface area contributed by atoms with Crippen molar-refractivity contribution in [2.45, 2.75) is 75.1 Å². The van der Waals surface area contributed by atoms with Gasteiger partial charge in [-0.1, -0.05) is 48.5 Å². The molecule has 6 rings (SSSR count). The summed E-state index contributed by atoms with van der Waals surface area (Å²) in [5.41, 5.74) is -5.86. The van der Waals surface area contributed by atoms with E-state index in [2.05, 4.69) is 10.6 Å². The molecule has 1 saturated heterocycles. The van der Waals surface area contributed by atoms with E-state index >= 15 is 4.39 Å². The zero-order valence-corrected chi connectivity index (χ0v) is 33.3. The summed E-state index contributed by atoms with van der Waals surface area (Å²) >= 11 is 0. The Bertz CT molecular complexity index is 2360.